The maximum absolute atomic E-state index is 5.80. The second kappa shape index (κ2) is 3.67. The molecule has 0 aliphatic rings. The van der Waals surface area contributed by atoms with Crippen LogP contribution in [0.4, 0.5) is 0 Å². The molecule has 1 heteroatoms. The highest BCUT2D eigenvalue weighted by Crippen LogP contribution is 2.09. The minimum Gasteiger partial charge on any atom is -0.327 e. The zero-order valence-electron chi connectivity index (χ0n) is 6.59. The smallest absolute Gasteiger partial charge is 0.0122 e. The standard InChI is InChI=1S/C8H17N/c1-5-7(4)8(9)6(2)3/h5-8H,1,9H2,2-4H3/t7-,8+/m0/s1. The van der Waals surface area contributed by atoms with Crippen molar-refractivity contribution in [1.29, 1.82) is 0 Å². The highest BCUT2D eigenvalue weighted by atomic mass is 14.6. The summed E-state index contributed by atoms with van der Waals surface area (Å²) in [5, 5.41) is 0. The zero-order chi connectivity index (χ0) is 7.44. The molecule has 2 atom stereocenters. The largest absolute Gasteiger partial charge is 0.327 e. The summed E-state index contributed by atoms with van der Waals surface area (Å²) in [6.45, 7) is 10.0. The van der Waals surface area contributed by atoms with Gasteiger partial charge in [-0.15, -0.1) is 6.58 Å². The van der Waals surface area contributed by atoms with Gasteiger partial charge in [0.2, 0.25) is 0 Å². The van der Waals surface area contributed by atoms with E-state index in [0.29, 0.717) is 11.8 Å². The normalized spacial score (nSPS) is 17.4. The predicted molar refractivity (Wildman–Crippen MR) is 42.2 cm³/mol. The highest BCUT2D eigenvalue weighted by molar-refractivity contribution is 4.84. The monoisotopic (exact) mass is 127 g/mol. The third-order valence-electron chi connectivity index (χ3n) is 1.75. The van der Waals surface area contributed by atoms with Gasteiger partial charge in [0, 0.05) is 6.04 Å². The molecule has 1 nitrogen and oxygen atoms in total. The first-order valence-corrected chi connectivity index (χ1v) is 3.47. The molecule has 0 aromatic rings. The lowest BCUT2D eigenvalue weighted by Gasteiger charge is -2.19. The second-order valence-corrected chi connectivity index (χ2v) is 2.92. The fraction of sp³-hybridized carbons (Fsp3) is 0.750. The maximum atomic E-state index is 5.80. The van der Waals surface area contributed by atoms with Crippen molar-refractivity contribution in [3.8, 4) is 0 Å². The van der Waals surface area contributed by atoms with Gasteiger partial charge in [-0.1, -0.05) is 26.8 Å². The lowest BCUT2D eigenvalue weighted by Crippen LogP contribution is -2.32. The molecule has 54 valence electrons. The van der Waals surface area contributed by atoms with Crippen LogP contribution in [0.5, 0.6) is 0 Å². The van der Waals surface area contributed by atoms with Gasteiger partial charge in [-0.3, -0.25) is 0 Å². The van der Waals surface area contributed by atoms with Crippen molar-refractivity contribution < 1.29 is 0 Å². The summed E-state index contributed by atoms with van der Waals surface area (Å²) in [4.78, 5) is 0. The third kappa shape index (κ3) is 2.66. The van der Waals surface area contributed by atoms with E-state index in [2.05, 4.69) is 27.4 Å². The van der Waals surface area contributed by atoms with E-state index in [1.807, 2.05) is 6.08 Å². The predicted octanol–water partition coefficient (Wildman–Crippen LogP) is 1.79. The number of hydrogen-bond acceptors (Lipinski definition) is 1. The SMILES string of the molecule is C=C[C@H](C)[C@H](N)C(C)C. The van der Waals surface area contributed by atoms with E-state index < -0.39 is 0 Å². The minimum atomic E-state index is 0.266. The second-order valence-electron chi connectivity index (χ2n) is 2.92. The van der Waals surface area contributed by atoms with Crippen molar-refractivity contribution in [3.63, 3.8) is 0 Å². The Balaban J connectivity index is 3.71. The zero-order valence-corrected chi connectivity index (χ0v) is 6.59. The molecule has 0 rings (SSSR count). The Morgan fingerprint density at radius 2 is 1.78 bits per heavy atom. The lowest BCUT2D eigenvalue weighted by atomic mass is 9.93. The molecular formula is C8H17N. The van der Waals surface area contributed by atoms with Gasteiger partial charge < -0.3 is 5.73 Å². The molecule has 0 saturated carbocycles. The number of nitrogens with two attached hydrogens (primary N) is 1. The van der Waals surface area contributed by atoms with E-state index in [9.17, 15) is 0 Å². The van der Waals surface area contributed by atoms with Crippen LogP contribution in [0.2, 0.25) is 0 Å². The first-order chi connectivity index (χ1) is 4.09. The summed E-state index contributed by atoms with van der Waals surface area (Å²) in [5.74, 6) is 0.989. The van der Waals surface area contributed by atoms with Crippen LogP contribution in [-0.2, 0) is 0 Å². The average Bonchev–Trinajstić information content (AvgIpc) is 1.84. The number of hydrogen-bond donors (Lipinski definition) is 1. The van der Waals surface area contributed by atoms with Crippen molar-refractivity contribution in [2.75, 3.05) is 0 Å². The Morgan fingerprint density at radius 1 is 1.33 bits per heavy atom. The van der Waals surface area contributed by atoms with Gasteiger partial charge in [0.15, 0.2) is 0 Å². The summed E-state index contributed by atoms with van der Waals surface area (Å²) in [6, 6.07) is 0.266. The van der Waals surface area contributed by atoms with Crippen LogP contribution in [0.15, 0.2) is 12.7 Å². The van der Waals surface area contributed by atoms with Gasteiger partial charge in [0.1, 0.15) is 0 Å². The maximum Gasteiger partial charge on any atom is 0.0122 e. The summed E-state index contributed by atoms with van der Waals surface area (Å²) < 4.78 is 0. The molecule has 0 aromatic carbocycles. The summed E-state index contributed by atoms with van der Waals surface area (Å²) in [6.07, 6.45) is 1.91. The molecule has 0 radical (unpaired) electrons. The Hall–Kier alpha value is -0.300. The van der Waals surface area contributed by atoms with Crippen LogP contribution < -0.4 is 5.73 Å². The topological polar surface area (TPSA) is 26.0 Å². The molecule has 0 heterocycles. The molecule has 0 aromatic heterocycles. The summed E-state index contributed by atoms with van der Waals surface area (Å²) in [5.41, 5.74) is 5.80. The fourth-order valence-electron chi connectivity index (χ4n) is 0.764. The van der Waals surface area contributed by atoms with Crippen molar-refractivity contribution in [2.24, 2.45) is 17.6 Å². The Morgan fingerprint density at radius 3 is 1.89 bits per heavy atom. The molecule has 2 N–H and O–H groups in total. The van der Waals surface area contributed by atoms with E-state index in [0.717, 1.165) is 0 Å². The van der Waals surface area contributed by atoms with E-state index in [4.69, 9.17) is 5.73 Å². The molecule has 0 aliphatic carbocycles. The van der Waals surface area contributed by atoms with Crippen LogP contribution in [-0.4, -0.2) is 6.04 Å². The van der Waals surface area contributed by atoms with E-state index in [1.54, 1.807) is 0 Å². The minimum absolute atomic E-state index is 0.266. The van der Waals surface area contributed by atoms with Gasteiger partial charge in [-0.2, -0.15) is 0 Å². The van der Waals surface area contributed by atoms with Crippen molar-refractivity contribution in [3.05, 3.63) is 12.7 Å². The van der Waals surface area contributed by atoms with E-state index in [1.165, 1.54) is 0 Å². The molecular weight excluding hydrogens is 110 g/mol. The summed E-state index contributed by atoms with van der Waals surface area (Å²) >= 11 is 0. The van der Waals surface area contributed by atoms with Crippen molar-refractivity contribution >= 4 is 0 Å². The van der Waals surface area contributed by atoms with E-state index in [-0.39, 0.29) is 6.04 Å². The average molecular weight is 127 g/mol. The van der Waals surface area contributed by atoms with Gasteiger partial charge in [-0.05, 0) is 11.8 Å². The molecule has 0 bridgehead atoms. The fourth-order valence-corrected chi connectivity index (χ4v) is 0.764. The highest BCUT2D eigenvalue weighted by Gasteiger charge is 2.11. The van der Waals surface area contributed by atoms with Gasteiger partial charge in [-0.25, -0.2) is 0 Å². The molecule has 0 amide bonds. The first-order valence-electron chi connectivity index (χ1n) is 3.47. The molecule has 9 heavy (non-hydrogen) atoms. The van der Waals surface area contributed by atoms with Gasteiger partial charge in [0.05, 0.1) is 0 Å². The van der Waals surface area contributed by atoms with Crippen LogP contribution >= 0.6 is 0 Å². The number of rotatable bonds is 3. The molecule has 0 fully saturated rings. The van der Waals surface area contributed by atoms with Crippen molar-refractivity contribution in [2.45, 2.75) is 26.8 Å². The van der Waals surface area contributed by atoms with Gasteiger partial charge in [0.25, 0.3) is 0 Å². The van der Waals surface area contributed by atoms with E-state index >= 15 is 0 Å². The van der Waals surface area contributed by atoms with Crippen LogP contribution in [0, 0.1) is 11.8 Å². The van der Waals surface area contributed by atoms with Gasteiger partial charge >= 0.3 is 0 Å². The summed E-state index contributed by atoms with van der Waals surface area (Å²) in [7, 11) is 0. The van der Waals surface area contributed by atoms with Crippen LogP contribution in [0.25, 0.3) is 0 Å². The Kier molecular flexibility index (Phi) is 3.55. The van der Waals surface area contributed by atoms with Crippen LogP contribution in [0.1, 0.15) is 20.8 Å². The Bertz CT molecular complexity index is 86.6. The third-order valence-corrected chi connectivity index (χ3v) is 1.75. The lowest BCUT2D eigenvalue weighted by molar-refractivity contribution is 0.415. The molecule has 0 unspecified atom stereocenters. The molecule has 0 saturated heterocycles. The molecule has 0 spiro atoms. The Labute approximate surface area is 57.9 Å². The molecule has 0 aliphatic heterocycles. The van der Waals surface area contributed by atoms with Crippen molar-refractivity contribution in [1.82, 2.24) is 0 Å². The first kappa shape index (κ1) is 8.70. The van der Waals surface area contributed by atoms with Crippen LogP contribution in [0.3, 0.4) is 0 Å². The quantitative estimate of drug-likeness (QED) is 0.575.